The van der Waals surface area contributed by atoms with Crippen LogP contribution in [-0.4, -0.2) is 35.7 Å². The number of rotatable bonds is 4. The lowest BCUT2D eigenvalue weighted by Crippen LogP contribution is -2.41. The van der Waals surface area contributed by atoms with Gasteiger partial charge in [-0.2, -0.15) is 0 Å². The minimum absolute atomic E-state index is 0.348. The first-order valence-electron chi connectivity index (χ1n) is 8.02. The van der Waals surface area contributed by atoms with E-state index >= 15 is 0 Å². The van der Waals surface area contributed by atoms with E-state index in [1.165, 1.54) is 11.3 Å². The Kier molecular flexibility index (Phi) is 4.79. The van der Waals surface area contributed by atoms with Crippen molar-refractivity contribution < 1.29 is 19.2 Å². The van der Waals surface area contributed by atoms with Crippen LogP contribution in [0.2, 0.25) is 0 Å². The Labute approximate surface area is 156 Å². The molecule has 7 heteroatoms. The molecule has 1 saturated heterocycles. The van der Waals surface area contributed by atoms with E-state index in [9.17, 15) is 9.90 Å². The molecule has 0 saturated carbocycles. The first-order chi connectivity index (χ1) is 11.6. The summed E-state index contributed by atoms with van der Waals surface area (Å²) in [7, 11) is -0.430. The molecule has 0 radical (unpaired) electrons. The molecule has 0 aliphatic carbocycles. The van der Waals surface area contributed by atoms with E-state index < -0.39 is 24.3 Å². The van der Waals surface area contributed by atoms with Gasteiger partial charge in [-0.05, 0) is 51.0 Å². The smallest absolute Gasteiger partial charge is 0.477 e. The molecule has 1 N–H and O–H groups in total. The van der Waals surface area contributed by atoms with Crippen LogP contribution in [0.3, 0.4) is 0 Å². The van der Waals surface area contributed by atoms with Crippen molar-refractivity contribution >= 4 is 41.6 Å². The summed E-state index contributed by atoms with van der Waals surface area (Å²) in [4.78, 5) is 11.6. The Hall–Kier alpha value is -1.28. The fourth-order valence-corrected chi connectivity index (χ4v) is 4.41. The summed E-state index contributed by atoms with van der Waals surface area (Å²) in [5, 5.41) is 9.27. The topological polar surface area (TPSA) is 55.8 Å². The number of aromatic carboxylic acids is 1. The fraction of sp³-hybridized carbons (Fsp3) is 0.389. The maximum absolute atomic E-state index is 11.3. The summed E-state index contributed by atoms with van der Waals surface area (Å²) >= 11 is 2.86. The normalized spacial score (nSPS) is 18.5. The van der Waals surface area contributed by atoms with Crippen LogP contribution in [0.5, 0.6) is 0 Å². The molecule has 1 aromatic heterocycles. The molecule has 1 aromatic carbocycles. The second-order valence-electron chi connectivity index (χ2n) is 7.03. The summed E-state index contributed by atoms with van der Waals surface area (Å²) in [5.74, 6) is -0.895. The molecule has 132 valence electrons. The van der Waals surface area contributed by atoms with Crippen molar-refractivity contribution in [3.8, 4) is 11.1 Å². The first kappa shape index (κ1) is 18.5. The number of thiophene rings is 1. The van der Waals surface area contributed by atoms with Gasteiger partial charge in [-0.15, -0.1) is 23.1 Å². The number of hydrogen-bond donors (Lipinski definition) is 1. The minimum Gasteiger partial charge on any atom is -0.477 e. The molecule has 1 aliphatic rings. The number of thioether (sulfide) groups is 1. The SMILES string of the molecule is CSc1sc(C(=O)O)cc1-c1cccc(B2OC(C)(C)C(C)(C)O2)c1. The number of carbonyl (C=O) groups is 1. The van der Waals surface area contributed by atoms with Gasteiger partial charge >= 0.3 is 13.1 Å². The monoisotopic (exact) mass is 376 g/mol. The third-order valence-corrected chi connectivity index (χ3v) is 7.08. The van der Waals surface area contributed by atoms with Crippen LogP contribution in [0.1, 0.15) is 37.4 Å². The second-order valence-corrected chi connectivity index (χ2v) is 9.16. The number of carboxylic acid groups (broad SMARTS) is 1. The summed E-state index contributed by atoms with van der Waals surface area (Å²) in [6.07, 6.45) is 1.96. The molecule has 0 atom stereocenters. The zero-order valence-corrected chi connectivity index (χ0v) is 16.6. The molecule has 2 aromatic rings. The van der Waals surface area contributed by atoms with Gasteiger partial charge in [-0.1, -0.05) is 24.3 Å². The van der Waals surface area contributed by atoms with Gasteiger partial charge in [-0.25, -0.2) is 4.79 Å². The van der Waals surface area contributed by atoms with Gasteiger partial charge in [0.15, 0.2) is 0 Å². The lowest BCUT2D eigenvalue weighted by atomic mass is 9.78. The minimum atomic E-state index is -0.895. The van der Waals surface area contributed by atoms with E-state index in [2.05, 4.69) is 0 Å². The molecule has 1 aliphatic heterocycles. The van der Waals surface area contributed by atoms with Crippen molar-refractivity contribution in [3.05, 3.63) is 35.2 Å². The van der Waals surface area contributed by atoms with E-state index in [0.29, 0.717) is 4.88 Å². The molecule has 0 bridgehead atoms. The highest BCUT2D eigenvalue weighted by molar-refractivity contribution is 8.00. The Morgan fingerprint density at radius 3 is 2.36 bits per heavy atom. The summed E-state index contributed by atoms with van der Waals surface area (Å²) < 4.78 is 13.2. The third-order valence-electron chi connectivity index (χ3n) is 4.82. The van der Waals surface area contributed by atoms with Crippen molar-refractivity contribution in [2.24, 2.45) is 0 Å². The Morgan fingerprint density at radius 2 is 1.80 bits per heavy atom. The van der Waals surface area contributed by atoms with Gasteiger partial charge in [0.25, 0.3) is 0 Å². The molecule has 0 amide bonds. The zero-order chi connectivity index (χ0) is 18.4. The van der Waals surface area contributed by atoms with Gasteiger partial charge in [0.1, 0.15) is 4.88 Å². The zero-order valence-electron chi connectivity index (χ0n) is 15.0. The Bertz CT molecular complexity index is 797. The molecule has 2 heterocycles. The quantitative estimate of drug-likeness (QED) is 0.642. The van der Waals surface area contributed by atoms with Crippen LogP contribution in [0.25, 0.3) is 11.1 Å². The fourth-order valence-electron chi connectivity index (χ4n) is 2.66. The molecular weight excluding hydrogens is 355 g/mol. The van der Waals surface area contributed by atoms with Gasteiger partial charge in [0, 0.05) is 5.56 Å². The van der Waals surface area contributed by atoms with E-state index in [1.54, 1.807) is 17.8 Å². The largest absolute Gasteiger partial charge is 0.494 e. The highest BCUT2D eigenvalue weighted by Gasteiger charge is 2.51. The van der Waals surface area contributed by atoms with E-state index in [-0.39, 0.29) is 0 Å². The standard InChI is InChI=1S/C18H21BO4S2/c1-17(2)18(3,4)23-19(22-17)12-8-6-7-11(9-12)13-10-14(15(20)21)25-16(13)24-5/h6-10H,1-5H3,(H,20,21). The van der Waals surface area contributed by atoms with Gasteiger partial charge < -0.3 is 14.4 Å². The van der Waals surface area contributed by atoms with Crippen molar-refractivity contribution in [1.29, 1.82) is 0 Å². The van der Waals surface area contributed by atoms with E-state index in [4.69, 9.17) is 9.31 Å². The van der Waals surface area contributed by atoms with Crippen molar-refractivity contribution in [2.45, 2.75) is 43.1 Å². The maximum atomic E-state index is 11.3. The van der Waals surface area contributed by atoms with Crippen molar-refractivity contribution in [3.63, 3.8) is 0 Å². The van der Waals surface area contributed by atoms with Crippen LogP contribution in [-0.2, 0) is 9.31 Å². The number of benzene rings is 1. The lowest BCUT2D eigenvalue weighted by molar-refractivity contribution is 0.00578. The van der Waals surface area contributed by atoms with Crippen molar-refractivity contribution in [2.75, 3.05) is 6.26 Å². The van der Waals surface area contributed by atoms with Crippen molar-refractivity contribution in [1.82, 2.24) is 0 Å². The number of hydrogen-bond acceptors (Lipinski definition) is 5. The van der Waals surface area contributed by atoms with Crippen LogP contribution in [0, 0.1) is 0 Å². The van der Waals surface area contributed by atoms with Gasteiger partial charge in [0.2, 0.25) is 0 Å². The summed E-state index contributed by atoms with van der Waals surface area (Å²) in [5.41, 5.74) is 2.06. The molecule has 25 heavy (non-hydrogen) atoms. The molecule has 0 spiro atoms. The van der Waals surface area contributed by atoms with Crippen LogP contribution >= 0.6 is 23.1 Å². The average molecular weight is 376 g/mol. The lowest BCUT2D eigenvalue weighted by Gasteiger charge is -2.32. The Balaban J connectivity index is 1.97. The van der Waals surface area contributed by atoms with Gasteiger partial charge in [-0.3, -0.25) is 0 Å². The molecule has 0 unspecified atom stereocenters. The highest BCUT2D eigenvalue weighted by Crippen LogP contribution is 2.39. The predicted octanol–water partition coefficient (Wildman–Crippen LogP) is 4.13. The van der Waals surface area contributed by atoms with Crippen LogP contribution < -0.4 is 5.46 Å². The summed E-state index contributed by atoms with van der Waals surface area (Å²) in [6.45, 7) is 8.11. The molecule has 4 nitrogen and oxygen atoms in total. The predicted molar refractivity (Wildman–Crippen MR) is 104 cm³/mol. The maximum Gasteiger partial charge on any atom is 0.494 e. The molecule has 1 fully saturated rings. The van der Waals surface area contributed by atoms with E-state index in [1.807, 2.05) is 58.2 Å². The van der Waals surface area contributed by atoms with Crippen LogP contribution in [0.4, 0.5) is 0 Å². The van der Waals surface area contributed by atoms with E-state index in [0.717, 1.165) is 20.8 Å². The third kappa shape index (κ3) is 3.38. The Morgan fingerprint density at radius 1 is 1.16 bits per heavy atom. The van der Waals surface area contributed by atoms with Crippen LogP contribution in [0.15, 0.2) is 34.5 Å². The first-order valence-corrected chi connectivity index (χ1v) is 10.1. The average Bonchev–Trinajstić information content (AvgIpc) is 3.06. The second kappa shape index (κ2) is 6.47. The summed E-state index contributed by atoms with van der Waals surface area (Å²) in [6, 6.07) is 9.69. The number of carboxylic acids is 1. The molecular formula is C18H21BO4S2. The molecule has 3 rings (SSSR count). The highest BCUT2D eigenvalue weighted by atomic mass is 32.2. The van der Waals surface area contributed by atoms with Gasteiger partial charge in [0.05, 0.1) is 15.4 Å².